The molecule has 7 heteroatoms. The number of hydrogen-bond acceptors (Lipinski definition) is 3. The van der Waals surface area contributed by atoms with Gasteiger partial charge in [0.25, 0.3) is 5.91 Å². The number of halogens is 3. The summed E-state index contributed by atoms with van der Waals surface area (Å²) in [5.41, 5.74) is 0.784. The summed E-state index contributed by atoms with van der Waals surface area (Å²) >= 11 is 15.2. The maximum absolute atomic E-state index is 12.1. The van der Waals surface area contributed by atoms with Crippen LogP contribution in [0.2, 0.25) is 10.0 Å². The Morgan fingerprint density at radius 3 is 2.68 bits per heavy atom. The standard InChI is InChI=1S/C15H13BrCl2N2O2/c1-8-11(16)4-6-14(19-8)20-15(21)9(2)22-13-5-3-10(17)7-12(13)18/h3-7,9H,1-2H3,(H,19,20,21)/t9-/m1/s1. The molecule has 1 aromatic heterocycles. The molecule has 0 saturated heterocycles. The highest BCUT2D eigenvalue weighted by atomic mass is 79.9. The third-order valence-corrected chi connectivity index (χ3v) is 4.21. The van der Waals surface area contributed by atoms with Gasteiger partial charge in [0.15, 0.2) is 6.10 Å². The van der Waals surface area contributed by atoms with Crippen LogP contribution in [0.3, 0.4) is 0 Å². The number of benzene rings is 1. The lowest BCUT2D eigenvalue weighted by molar-refractivity contribution is -0.122. The van der Waals surface area contributed by atoms with Crippen LogP contribution in [0.4, 0.5) is 5.82 Å². The summed E-state index contributed by atoms with van der Waals surface area (Å²) in [5, 5.41) is 3.55. The van der Waals surface area contributed by atoms with Gasteiger partial charge in [-0.15, -0.1) is 0 Å². The molecule has 1 atom stereocenters. The molecule has 0 spiro atoms. The molecule has 22 heavy (non-hydrogen) atoms. The van der Waals surface area contributed by atoms with Crippen molar-refractivity contribution in [3.05, 3.63) is 50.5 Å². The van der Waals surface area contributed by atoms with E-state index in [0.29, 0.717) is 21.6 Å². The van der Waals surface area contributed by atoms with Crippen molar-refractivity contribution in [3.8, 4) is 5.75 Å². The minimum atomic E-state index is -0.732. The van der Waals surface area contributed by atoms with Gasteiger partial charge in [0.05, 0.1) is 10.7 Å². The van der Waals surface area contributed by atoms with Crippen LogP contribution in [0, 0.1) is 6.92 Å². The number of rotatable bonds is 4. The molecule has 1 aromatic carbocycles. The number of pyridine rings is 1. The molecule has 0 aliphatic heterocycles. The fraction of sp³-hybridized carbons (Fsp3) is 0.200. The summed E-state index contributed by atoms with van der Waals surface area (Å²) < 4.78 is 6.43. The molecule has 2 rings (SSSR count). The number of aromatic nitrogens is 1. The monoisotopic (exact) mass is 402 g/mol. The predicted molar refractivity (Wildman–Crippen MR) is 91.9 cm³/mol. The van der Waals surface area contributed by atoms with Gasteiger partial charge in [0, 0.05) is 9.50 Å². The fourth-order valence-electron chi connectivity index (χ4n) is 1.66. The average Bonchev–Trinajstić information content (AvgIpc) is 2.45. The highest BCUT2D eigenvalue weighted by Gasteiger charge is 2.17. The molecule has 0 saturated carbocycles. The number of nitrogens with zero attached hydrogens (tertiary/aromatic N) is 1. The number of anilines is 1. The summed E-state index contributed by atoms with van der Waals surface area (Å²) in [6.07, 6.45) is -0.732. The van der Waals surface area contributed by atoms with Crippen LogP contribution in [0.15, 0.2) is 34.8 Å². The summed E-state index contributed by atoms with van der Waals surface area (Å²) in [4.78, 5) is 16.4. The summed E-state index contributed by atoms with van der Waals surface area (Å²) in [6.45, 7) is 3.47. The normalized spacial score (nSPS) is 11.9. The molecule has 0 aliphatic carbocycles. The summed E-state index contributed by atoms with van der Waals surface area (Å²) in [5.74, 6) is 0.539. The van der Waals surface area contributed by atoms with Gasteiger partial charge in [-0.05, 0) is 60.1 Å². The summed E-state index contributed by atoms with van der Waals surface area (Å²) in [7, 11) is 0. The molecule has 2 aromatic rings. The second kappa shape index (κ2) is 7.31. The largest absolute Gasteiger partial charge is 0.479 e. The van der Waals surface area contributed by atoms with Crippen molar-refractivity contribution in [1.82, 2.24) is 4.98 Å². The first-order valence-electron chi connectivity index (χ1n) is 6.42. The zero-order valence-corrected chi connectivity index (χ0v) is 15.0. The van der Waals surface area contributed by atoms with Gasteiger partial charge in [-0.2, -0.15) is 0 Å². The van der Waals surface area contributed by atoms with Crippen molar-refractivity contribution in [2.45, 2.75) is 20.0 Å². The predicted octanol–water partition coefficient (Wildman–Crippen LogP) is 4.87. The first kappa shape index (κ1) is 17.1. The van der Waals surface area contributed by atoms with Crippen molar-refractivity contribution >= 4 is 50.9 Å². The second-order valence-corrected chi connectivity index (χ2v) is 6.29. The molecule has 0 fully saturated rings. The molecule has 1 amide bonds. The van der Waals surface area contributed by atoms with Crippen molar-refractivity contribution in [1.29, 1.82) is 0 Å². The Morgan fingerprint density at radius 1 is 1.32 bits per heavy atom. The Morgan fingerprint density at radius 2 is 2.05 bits per heavy atom. The van der Waals surface area contributed by atoms with Crippen LogP contribution < -0.4 is 10.1 Å². The Hall–Kier alpha value is -1.30. The lowest BCUT2D eigenvalue weighted by Gasteiger charge is -2.15. The van der Waals surface area contributed by atoms with E-state index in [-0.39, 0.29) is 5.91 Å². The molecule has 0 aliphatic rings. The molecule has 116 valence electrons. The Kier molecular flexibility index (Phi) is 5.67. The van der Waals surface area contributed by atoms with Gasteiger partial charge < -0.3 is 10.1 Å². The first-order chi connectivity index (χ1) is 10.4. The molecule has 0 bridgehead atoms. The maximum atomic E-state index is 12.1. The second-order valence-electron chi connectivity index (χ2n) is 4.59. The molecular weight excluding hydrogens is 391 g/mol. The van der Waals surface area contributed by atoms with E-state index in [1.54, 1.807) is 31.2 Å². The van der Waals surface area contributed by atoms with Crippen molar-refractivity contribution in [2.75, 3.05) is 5.32 Å². The van der Waals surface area contributed by atoms with E-state index in [4.69, 9.17) is 27.9 Å². The van der Waals surface area contributed by atoms with Gasteiger partial charge in [0.2, 0.25) is 0 Å². The third kappa shape index (κ3) is 4.35. The zero-order chi connectivity index (χ0) is 16.3. The quantitative estimate of drug-likeness (QED) is 0.792. The van der Waals surface area contributed by atoms with Crippen LogP contribution in [0.25, 0.3) is 0 Å². The average molecular weight is 404 g/mol. The maximum Gasteiger partial charge on any atom is 0.266 e. The minimum absolute atomic E-state index is 0.319. The van der Waals surface area contributed by atoms with E-state index < -0.39 is 6.10 Å². The van der Waals surface area contributed by atoms with Crippen LogP contribution in [0.5, 0.6) is 5.75 Å². The van der Waals surface area contributed by atoms with Crippen LogP contribution in [-0.4, -0.2) is 17.0 Å². The third-order valence-electron chi connectivity index (χ3n) is 2.84. The highest BCUT2D eigenvalue weighted by molar-refractivity contribution is 9.10. The smallest absolute Gasteiger partial charge is 0.266 e. The lowest BCUT2D eigenvalue weighted by atomic mass is 10.3. The van der Waals surface area contributed by atoms with E-state index in [0.717, 1.165) is 10.2 Å². The number of ether oxygens (including phenoxy) is 1. The molecule has 0 unspecified atom stereocenters. The first-order valence-corrected chi connectivity index (χ1v) is 7.97. The highest BCUT2D eigenvalue weighted by Crippen LogP contribution is 2.28. The fourth-order valence-corrected chi connectivity index (χ4v) is 2.33. The van der Waals surface area contributed by atoms with Crippen LogP contribution in [-0.2, 0) is 4.79 Å². The Labute approximate surface area is 146 Å². The Balaban J connectivity index is 2.04. The number of nitrogens with one attached hydrogen (secondary N) is 1. The van der Waals surface area contributed by atoms with E-state index in [1.165, 1.54) is 0 Å². The number of carbonyl (C=O) groups is 1. The number of carbonyl (C=O) groups excluding carboxylic acids is 1. The molecular formula is C15H13BrCl2N2O2. The van der Waals surface area contributed by atoms with Crippen LogP contribution >= 0.6 is 39.1 Å². The number of amides is 1. The van der Waals surface area contributed by atoms with E-state index >= 15 is 0 Å². The van der Waals surface area contributed by atoms with Gasteiger partial charge in [-0.3, -0.25) is 4.79 Å². The molecule has 0 radical (unpaired) electrons. The van der Waals surface area contributed by atoms with E-state index in [2.05, 4.69) is 26.2 Å². The van der Waals surface area contributed by atoms with Crippen molar-refractivity contribution < 1.29 is 9.53 Å². The van der Waals surface area contributed by atoms with E-state index in [9.17, 15) is 4.79 Å². The lowest BCUT2D eigenvalue weighted by Crippen LogP contribution is -2.30. The zero-order valence-electron chi connectivity index (χ0n) is 11.9. The van der Waals surface area contributed by atoms with Gasteiger partial charge >= 0.3 is 0 Å². The van der Waals surface area contributed by atoms with E-state index in [1.807, 2.05) is 13.0 Å². The molecule has 1 heterocycles. The van der Waals surface area contributed by atoms with Crippen LogP contribution in [0.1, 0.15) is 12.6 Å². The van der Waals surface area contributed by atoms with Crippen molar-refractivity contribution in [2.24, 2.45) is 0 Å². The minimum Gasteiger partial charge on any atom is -0.479 e. The van der Waals surface area contributed by atoms with Gasteiger partial charge in [-0.25, -0.2) is 4.98 Å². The summed E-state index contributed by atoms with van der Waals surface area (Å²) in [6, 6.07) is 8.35. The Bertz CT molecular complexity index is 710. The SMILES string of the molecule is Cc1nc(NC(=O)[C@@H](C)Oc2ccc(Cl)cc2Cl)ccc1Br. The molecule has 1 N–H and O–H groups in total. The van der Waals surface area contributed by atoms with Gasteiger partial charge in [0.1, 0.15) is 11.6 Å². The number of aryl methyl sites for hydroxylation is 1. The topological polar surface area (TPSA) is 51.2 Å². The molecule has 4 nitrogen and oxygen atoms in total. The van der Waals surface area contributed by atoms with Gasteiger partial charge in [-0.1, -0.05) is 23.2 Å². The number of hydrogen-bond donors (Lipinski definition) is 1. The van der Waals surface area contributed by atoms with Crippen molar-refractivity contribution in [3.63, 3.8) is 0 Å².